The summed E-state index contributed by atoms with van der Waals surface area (Å²) in [4.78, 5) is 15.4. The number of aromatic nitrogens is 2. The van der Waals surface area contributed by atoms with Gasteiger partial charge in [-0.15, -0.1) is 0 Å². The predicted octanol–water partition coefficient (Wildman–Crippen LogP) is 1.18. The Hall–Kier alpha value is -0.660. The number of thioether (sulfide) groups is 1. The molecule has 1 aromatic heterocycles. The van der Waals surface area contributed by atoms with Gasteiger partial charge in [-0.3, -0.25) is 4.79 Å². The minimum atomic E-state index is -0.285. The number of nitrogens with one attached hydrogen (secondary N) is 1. The molecule has 1 aromatic rings. The normalized spacial score (nSPS) is 12.6. The van der Waals surface area contributed by atoms with Crippen molar-refractivity contribution in [2.45, 2.75) is 37.1 Å². The van der Waals surface area contributed by atoms with Crippen molar-refractivity contribution in [2.75, 3.05) is 12.3 Å². The number of carbonyl (C=O) groups excluding carboxylic acids is 1. The van der Waals surface area contributed by atoms with E-state index >= 15 is 0 Å². The second-order valence-corrected chi connectivity index (χ2v) is 5.75. The molecule has 1 rings (SSSR count). The van der Waals surface area contributed by atoms with E-state index in [-0.39, 0.29) is 11.9 Å². The highest BCUT2D eigenvalue weighted by molar-refractivity contribution is 8.00. The highest BCUT2D eigenvalue weighted by Crippen LogP contribution is 2.20. The molecule has 0 bridgehead atoms. The fourth-order valence-electron chi connectivity index (χ4n) is 1.26. The van der Waals surface area contributed by atoms with Crippen LogP contribution in [0.4, 0.5) is 0 Å². The van der Waals surface area contributed by atoms with Crippen LogP contribution in [0.2, 0.25) is 0 Å². The number of nitrogens with zero attached hydrogens (tertiary/aromatic N) is 2. The summed E-state index contributed by atoms with van der Waals surface area (Å²) in [6, 6.07) is -0.239. The molecule has 5 nitrogen and oxygen atoms in total. The van der Waals surface area contributed by atoms with E-state index in [0.717, 1.165) is 35.3 Å². The third-order valence-electron chi connectivity index (χ3n) is 2.13. The molecule has 96 valence electrons. The van der Waals surface area contributed by atoms with E-state index in [1.807, 2.05) is 6.92 Å². The van der Waals surface area contributed by atoms with Gasteiger partial charge in [-0.25, -0.2) is 4.98 Å². The van der Waals surface area contributed by atoms with Gasteiger partial charge in [0.1, 0.15) is 5.82 Å². The molecule has 17 heavy (non-hydrogen) atoms. The molecular weight excluding hydrogens is 256 g/mol. The molecule has 0 saturated carbocycles. The van der Waals surface area contributed by atoms with Crippen LogP contribution < -0.4 is 11.1 Å². The lowest BCUT2D eigenvalue weighted by Crippen LogP contribution is -2.41. The van der Waals surface area contributed by atoms with E-state index in [0.29, 0.717) is 0 Å². The van der Waals surface area contributed by atoms with Gasteiger partial charge in [-0.2, -0.15) is 4.37 Å². The van der Waals surface area contributed by atoms with Crippen LogP contribution in [0, 0.1) is 6.92 Å². The van der Waals surface area contributed by atoms with Crippen LogP contribution in [-0.4, -0.2) is 33.6 Å². The molecule has 3 N–H and O–H groups in total. The summed E-state index contributed by atoms with van der Waals surface area (Å²) in [5.74, 6) is 1.33. The quantitative estimate of drug-likeness (QED) is 0.696. The monoisotopic (exact) mass is 274 g/mol. The van der Waals surface area contributed by atoms with Crippen molar-refractivity contribution < 1.29 is 4.79 Å². The van der Waals surface area contributed by atoms with Crippen molar-refractivity contribution in [1.82, 2.24) is 14.7 Å². The summed E-state index contributed by atoms with van der Waals surface area (Å²) in [6.07, 6.45) is 1.71. The Morgan fingerprint density at radius 1 is 1.65 bits per heavy atom. The minimum Gasteiger partial charge on any atom is -0.368 e. The molecule has 0 spiro atoms. The van der Waals surface area contributed by atoms with Gasteiger partial charge in [0.05, 0.1) is 6.04 Å². The van der Waals surface area contributed by atoms with Gasteiger partial charge >= 0.3 is 0 Å². The second kappa shape index (κ2) is 7.62. The number of primary amides is 1. The second-order valence-electron chi connectivity index (χ2n) is 3.65. The lowest BCUT2D eigenvalue weighted by molar-refractivity contribution is -0.120. The van der Waals surface area contributed by atoms with Gasteiger partial charge in [0.15, 0.2) is 4.34 Å². The van der Waals surface area contributed by atoms with E-state index in [2.05, 4.69) is 21.6 Å². The molecule has 1 atom stereocenters. The zero-order chi connectivity index (χ0) is 12.7. The van der Waals surface area contributed by atoms with Crippen LogP contribution in [-0.2, 0) is 4.79 Å². The summed E-state index contributed by atoms with van der Waals surface area (Å²) in [5.41, 5.74) is 5.32. The zero-order valence-electron chi connectivity index (χ0n) is 10.1. The minimum absolute atomic E-state index is 0.239. The Morgan fingerprint density at radius 2 is 2.41 bits per heavy atom. The van der Waals surface area contributed by atoms with Gasteiger partial charge in [-0.05, 0) is 37.8 Å². The van der Waals surface area contributed by atoms with E-state index in [1.165, 1.54) is 11.5 Å². The Balaban J connectivity index is 2.29. The van der Waals surface area contributed by atoms with Crippen LogP contribution in [0.25, 0.3) is 0 Å². The van der Waals surface area contributed by atoms with Gasteiger partial charge in [-0.1, -0.05) is 18.7 Å². The average Bonchev–Trinajstić information content (AvgIpc) is 2.68. The van der Waals surface area contributed by atoms with E-state index in [1.54, 1.807) is 11.8 Å². The highest BCUT2D eigenvalue weighted by atomic mass is 32.2. The molecule has 0 aliphatic heterocycles. The maximum atomic E-state index is 11.2. The van der Waals surface area contributed by atoms with Crippen LogP contribution in [0.5, 0.6) is 0 Å². The maximum absolute atomic E-state index is 11.2. The third kappa shape index (κ3) is 5.47. The van der Waals surface area contributed by atoms with Crippen LogP contribution in [0.15, 0.2) is 4.34 Å². The molecule has 0 aromatic carbocycles. The smallest absolute Gasteiger partial charge is 0.234 e. The average molecular weight is 274 g/mol. The molecule has 1 amide bonds. The number of amides is 1. The molecule has 0 radical (unpaired) electrons. The lowest BCUT2D eigenvalue weighted by Gasteiger charge is -2.13. The molecular formula is C10H18N4OS2. The van der Waals surface area contributed by atoms with Crippen molar-refractivity contribution in [3.8, 4) is 0 Å². The molecule has 0 aliphatic carbocycles. The molecule has 1 unspecified atom stereocenters. The molecule has 0 saturated heterocycles. The highest BCUT2D eigenvalue weighted by Gasteiger charge is 2.14. The van der Waals surface area contributed by atoms with E-state index < -0.39 is 0 Å². The molecule has 1 heterocycles. The summed E-state index contributed by atoms with van der Waals surface area (Å²) in [6.45, 7) is 4.75. The van der Waals surface area contributed by atoms with Crippen molar-refractivity contribution in [1.29, 1.82) is 0 Å². The van der Waals surface area contributed by atoms with Crippen LogP contribution in [0.3, 0.4) is 0 Å². The Bertz CT molecular complexity index is 356. The van der Waals surface area contributed by atoms with Gasteiger partial charge < -0.3 is 11.1 Å². The largest absolute Gasteiger partial charge is 0.368 e. The molecule has 0 aliphatic rings. The predicted molar refractivity (Wildman–Crippen MR) is 71.3 cm³/mol. The first-order valence-corrected chi connectivity index (χ1v) is 7.35. The van der Waals surface area contributed by atoms with E-state index in [4.69, 9.17) is 5.73 Å². The van der Waals surface area contributed by atoms with Gasteiger partial charge in [0.25, 0.3) is 0 Å². The topological polar surface area (TPSA) is 80.9 Å². The van der Waals surface area contributed by atoms with Crippen LogP contribution >= 0.6 is 23.3 Å². The Labute approximate surface area is 110 Å². The number of nitrogens with two attached hydrogens (primary N) is 1. The summed E-state index contributed by atoms with van der Waals surface area (Å²) in [5, 5.41) is 3.14. The fourth-order valence-corrected chi connectivity index (χ4v) is 2.99. The fraction of sp³-hybridized carbons (Fsp3) is 0.700. The first-order chi connectivity index (χ1) is 8.13. The number of aryl methyl sites for hydroxylation is 1. The van der Waals surface area contributed by atoms with Crippen molar-refractivity contribution in [2.24, 2.45) is 5.73 Å². The van der Waals surface area contributed by atoms with Crippen molar-refractivity contribution in [3.63, 3.8) is 0 Å². The van der Waals surface area contributed by atoms with Crippen LogP contribution in [0.1, 0.15) is 25.6 Å². The first kappa shape index (κ1) is 14.4. The summed E-state index contributed by atoms with van der Waals surface area (Å²) < 4.78 is 5.05. The number of carbonyl (C=O) groups is 1. The summed E-state index contributed by atoms with van der Waals surface area (Å²) >= 11 is 3.01. The number of hydrogen-bond donors (Lipinski definition) is 2. The number of rotatable bonds is 8. The standard InChI is InChI=1S/C10H18N4OS2/c1-3-5-12-8(9(11)15)4-6-16-10-13-7(2)14-17-10/h8,12H,3-6H2,1-2H3,(H2,11,15). The summed E-state index contributed by atoms with van der Waals surface area (Å²) in [7, 11) is 0. The first-order valence-electron chi connectivity index (χ1n) is 5.59. The van der Waals surface area contributed by atoms with E-state index in [9.17, 15) is 4.79 Å². The lowest BCUT2D eigenvalue weighted by atomic mass is 10.2. The van der Waals surface area contributed by atoms with Crippen molar-refractivity contribution >= 4 is 29.2 Å². The van der Waals surface area contributed by atoms with Gasteiger partial charge in [0, 0.05) is 5.75 Å². The molecule has 0 fully saturated rings. The number of hydrogen-bond acceptors (Lipinski definition) is 6. The van der Waals surface area contributed by atoms with Gasteiger partial charge in [0.2, 0.25) is 5.91 Å². The Morgan fingerprint density at radius 3 is 2.94 bits per heavy atom. The SMILES string of the molecule is CCCNC(CCSc1nc(C)ns1)C(N)=O. The van der Waals surface area contributed by atoms with Crippen molar-refractivity contribution in [3.05, 3.63) is 5.82 Å². The third-order valence-corrected chi connectivity index (χ3v) is 4.08. The Kier molecular flexibility index (Phi) is 6.46. The maximum Gasteiger partial charge on any atom is 0.234 e. The zero-order valence-corrected chi connectivity index (χ0v) is 11.7. The molecule has 7 heteroatoms.